The summed E-state index contributed by atoms with van der Waals surface area (Å²) >= 11 is 0. The molecular formula is C25H31N5O6. The quantitative estimate of drug-likeness (QED) is 0.278. The fraction of sp³-hybridized carbons (Fsp3) is 0.400. The molecule has 1 aromatic carbocycles. The van der Waals surface area contributed by atoms with Crippen LogP contribution in [0.25, 0.3) is 0 Å². The number of ether oxygens (including phenoxy) is 1. The van der Waals surface area contributed by atoms with Crippen LogP contribution in [0.1, 0.15) is 55.1 Å². The van der Waals surface area contributed by atoms with Crippen LogP contribution in [0.2, 0.25) is 0 Å². The Labute approximate surface area is 209 Å². The first-order valence-corrected chi connectivity index (χ1v) is 11.5. The van der Waals surface area contributed by atoms with Gasteiger partial charge in [-0.25, -0.2) is 9.69 Å². The summed E-state index contributed by atoms with van der Waals surface area (Å²) in [5.74, 6) is -2.15. The Hall–Kier alpha value is -3.99. The molecule has 1 unspecified atom stereocenters. The third kappa shape index (κ3) is 5.80. The number of nitrogens with two attached hydrogens (primary N) is 1. The number of piperidine rings is 1. The van der Waals surface area contributed by atoms with Crippen molar-refractivity contribution in [3.63, 3.8) is 0 Å². The van der Waals surface area contributed by atoms with Gasteiger partial charge in [-0.2, -0.15) is 0 Å². The average molecular weight is 498 g/mol. The van der Waals surface area contributed by atoms with Crippen molar-refractivity contribution in [3.05, 3.63) is 59.3 Å². The Kier molecular flexibility index (Phi) is 7.93. The lowest BCUT2D eigenvalue weighted by molar-refractivity contribution is -0.166. The first-order chi connectivity index (χ1) is 17.0. The van der Waals surface area contributed by atoms with Crippen LogP contribution < -0.4 is 16.4 Å². The van der Waals surface area contributed by atoms with E-state index >= 15 is 0 Å². The minimum Gasteiger partial charge on any atom is -0.442 e. The topological polar surface area (TPSA) is 151 Å². The lowest BCUT2D eigenvalue weighted by Gasteiger charge is -2.35. The van der Waals surface area contributed by atoms with Crippen LogP contribution in [-0.4, -0.2) is 57.8 Å². The molecule has 0 aliphatic carbocycles. The number of nitrogens with one attached hydrogen (secondary N) is 2. The van der Waals surface area contributed by atoms with Crippen LogP contribution in [0.15, 0.2) is 42.6 Å². The largest absolute Gasteiger partial charge is 0.442 e. The Morgan fingerprint density at radius 3 is 2.64 bits per heavy atom. The maximum Gasteiger partial charge on any atom is 0.327 e. The van der Waals surface area contributed by atoms with Crippen LogP contribution >= 0.6 is 0 Å². The second-order valence-electron chi connectivity index (χ2n) is 9.18. The van der Waals surface area contributed by atoms with E-state index in [1.54, 1.807) is 31.2 Å². The van der Waals surface area contributed by atoms with Crippen molar-refractivity contribution in [2.45, 2.75) is 58.3 Å². The summed E-state index contributed by atoms with van der Waals surface area (Å²) in [7, 11) is 0. The van der Waals surface area contributed by atoms with Crippen LogP contribution in [-0.2, 0) is 32.2 Å². The number of carbonyl (C=O) groups is 5. The normalized spacial score (nSPS) is 18.2. The molecule has 0 bridgehead atoms. The number of carbonyl (C=O) groups excluding carboxylic acids is 5. The molecule has 1 aromatic rings. The molecule has 2 aliphatic heterocycles. The van der Waals surface area contributed by atoms with Gasteiger partial charge in [0, 0.05) is 30.8 Å². The molecule has 3 rings (SSSR count). The summed E-state index contributed by atoms with van der Waals surface area (Å²) in [4.78, 5) is 64.8. The molecule has 2 heterocycles. The van der Waals surface area contributed by atoms with Crippen molar-refractivity contribution in [2.24, 2.45) is 5.73 Å². The highest BCUT2D eigenvalue weighted by Gasteiger charge is 2.43. The maximum atomic E-state index is 13.1. The first kappa shape index (κ1) is 26.6. The molecule has 0 saturated carbocycles. The number of urea groups is 1. The zero-order chi connectivity index (χ0) is 26.6. The number of hydrogen-bond acceptors (Lipinski definition) is 7. The first-order valence-electron chi connectivity index (χ1n) is 11.5. The minimum absolute atomic E-state index is 0.0310. The monoisotopic (exact) mass is 497 g/mol. The summed E-state index contributed by atoms with van der Waals surface area (Å²) < 4.78 is 5.05. The van der Waals surface area contributed by atoms with E-state index in [0.29, 0.717) is 16.8 Å². The summed E-state index contributed by atoms with van der Waals surface area (Å²) in [5.41, 5.74) is 6.95. The summed E-state index contributed by atoms with van der Waals surface area (Å²) in [6.45, 7) is 8.16. The highest BCUT2D eigenvalue weighted by atomic mass is 16.5. The summed E-state index contributed by atoms with van der Waals surface area (Å²) in [6.07, 6.45) is 3.45. The second kappa shape index (κ2) is 10.7. The predicted octanol–water partition coefficient (Wildman–Crippen LogP) is 1.29. The van der Waals surface area contributed by atoms with Gasteiger partial charge < -0.3 is 26.0 Å². The number of benzene rings is 1. The highest BCUT2D eigenvalue weighted by Crippen LogP contribution is 2.30. The van der Waals surface area contributed by atoms with E-state index in [1.807, 2.05) is 0 Å². The Morgan fingerprint density at radius 1 is 1.28 bits per heavy atom. The standard InChI is InChI=1S/C25H31N5O6/c1-5-17(6-2)28-24(35)27-12-15-7-8-18-16(11-15)13-29(21(18)32)19-9-10-20(31)30(22(19)33)14-36-23(34)25(3,4)26/h5-8,11,19H,1,9-10,12-14,26H2,2-4H3,(H2,27,28,35)/b17-6+. The number of allylic oxidation sites excluding steroid dienone is 2. The van der Waals surface area contributed by atoms with E-state index in [0.717, 1.165) is 10.5 Å². The average Bonchev–Trinajstić information content (AvgIpc) is 3.15. The van der Waals surface area contributed by atoms with E-state index in [-0.39, 0.29) is 31.8 Å². The fourth-order valence-electron chi connectivity index (χ4n) is 3.91. The van der Waals surface area contributed by atoms with Crippen LogP contribution in [0.4, 0.5) is 4.79 Å². The molecule has 0 aromatic heterocycles. The van der Waals surface area contributed by atoms with E-state index in [4.69, 9.17) is 10.5 Å². The van der Waals surface area contributed by atoms with E-state index in [1.165, 1.54) is 24.8 Å². The smallest absolute Gasteiger partial charge is 0.327 e. The number of esters is 1. The maximum absolute atomic E-state index is 13.1. The van der Waals surface area contributed by atoms with Gasteiger partial charge in [0.2, 0.25) is 5.91 Å². The van der Waals surface area contributed by atoms with Crippen LogP contribution in [0, 0.1) is 0 Å². The van der Waals surface area contributed by atoms with Crippen molar-refractivity contribution in [1.29, 1.82) is 0 Å². The van der Waals surface area contributed by atoms with Gasteiger partial charge in [-0.15, -0.1) is 0 Å². The molecule has 5 amide bonds. The van der Waals surface area contributed by atoms with Crippen molar-refractivity contribution in [2.75, 3.05) is 6.73 Å². The third-order valence-electron chi connectivity index (χ3n) is 5.95. The molecule has 1 saturated heterocycles. The molecule has 0 radical (unpaired) electrons. The molecule has 36 heavy (non-hydrogen) atoms. The molecule has 11 nitrogen and oxygen atoms in total. The van der Waals surface area contributed by atoms with Gasteiger partial charge in [0.1, 0.15) is 11.6 Å². The summed E-state index contributed by atoms with van der Waals surface area (Å²) in [5, 5.41) is 5.40. The van der Waals surface area contributed by atoms with Crippen LogP contribution in [0.3, 0.4) is 0 Å². The van der Waals surface area contributed by atoms with Crippen molar-refractivity contribution < 1.29 is 28.7 Å². The van der Waals surface area contributed by atoms with Gasteiger partial charge in [0.25, 0.3) is 11.8 Å². The SMILES string of the molecule is C=C/C(=C\C)NC(=O)NCc1ccc2c(c1)CN(C1CCC(=O)N(COC(=O)C(C)(C)N)C1=O)C2=O. The lowest BCUT2D eigenvalue weighted by atomic mass is 10.0. The van der Waals surface area contributed by atoms with Crippen molar-refractivity contribution in [3.8, 4) is 0 Å². The van der Waals surface area contributed by atoms with Crippen LogP contribution in [0.5, 0.6) is 0 Å². The molecule has 192 valence electrons. The van der Waals surface area contributed by atoms with E-state index in [2.05, 4.69) is 17.2 Å². The molecular weight excluding hydrogens is 466 g/mol. The zero-order valence-corrected chi connectivity index (χ0v) is 20.6. The molecule has 0 spiro atoms. The molecule has 2 aliphatic rings. The van der Waals surface area contributed by atoms with Gasteiger partial charge in [0.15, 0.2) is 6.73 Å². The lowest BCUT2D eigenvalue weighted by Crippen LogP contribution is -2.56. The van der Waals surface area contributed by atoms with Crippen molar-refractivity contribution >= 4 is 29.7 Å². The van der Waals surface area contributed by atoms with Gasteiger partial charge >= 0.3 is 12.0 Å². The van der Waals surface area contributed by atoms with Gasteiger partial charge in [-0.3, -0.25) is 19.2 Å². The van der Waals surface area contributed by atoms with Crippen molar-refractivity contribution in [1.82, 2.24) is 20.4 Å². The Balaban J connectivity index is 1.66. The number of fused-ring (bicyclic) bond motifs is 1. The summed E-state index contributed by atoms with van der Waals surface area (Å²) in [6, 6.07) is 3.95. The minimum atomic E-state index is -1.28. The zero-order valence-electron chi connectivity index (χ0n) is 20.6. The molecule has 11 heteroatoms. The number of imide groups is 1. The number of likely N-dealkylation sites (tertiary alicyclic amines) is 1. The van der Waals surface area contributed by atoms with Gasteiger partial charge in [0.05, 0.1) is 0 Å². The molecule has 4 N–H and O–H groups in total. The number of amides is 5. The Morgan fingerprint density at radius 2 is 2.00 bits per heavy atom. The predicted molar refractivity (Wildman–Crippen MR) is 130 cm³/mol. The van der Waals surface area contributed by atoms with Gasteiger partial charge in [-0.05, 0) is 50.5 Å². The molecule has 1 fully saturated rings. The van der Waals surface area contributed by atoms with E-state index in [9.17, 15) is 24.0 Å². The number of rotatable bonds is 8. The molecule has 1 atom stereocenters. The number of hydrogen-bond donors (Lipinski definition) is 3. The Bertz CT molecular complexity index is 1140. The van der Waals surface area contributed by atoms with Gasteiger partial charge in [-0.1, -0.05) is 24.8 Å². The fourth-order valence-corrected chi connectivity index (χ4v) is 3.91. The highest BCUT2D eigenvalue weighted by molar-refractivity contribution is 6.05. The number of nitrogens with zero attached hydrogens (tertiary/aromatic N) is 2. The van der Waals surface area contributed by atoms with E-state index < -0.39 is 42.1 Å². The second-order valence-corrected chi connectivity index (χ2v) is 9.18. The third-order valence-corrected chi connectivity index (χ3v) is 5.95.